The van der Waals surface area contributed by atoms with Gasteiger partial charge < -0.3 is 4.57 Å². The second kappa shape index (κ2) is 5.66. The lowest BCUT2D eigenvalue weighted by Crippen LogP contribution is -1.88. The molecule has 0 fully saturated rings. The van der Waals surface area contributed by atoms with Crippen LogP contribution in [0.1, 0.15) is 5.56 Å². The summed E-state index contributed by atoms with van der Waals surface area (Å²) in [4.78, 5) is 3.50. The van der Waals surface area contributed by atoms with Crippen LogP contribution in [0.4, 0.5) is 0 Å². The van der Waals surface area contributed by atoms with Crippen LogP contribution in [0.25, 0.3) is 21.8 Å². The second-order valence-electron chi connectivity index (χ2n) is 5.78. The molecule has 0 unspecified atom stereocenters. The van der Waals surface area contributed by atoms with Gasteiger partial charge in [-0.1, -0.05) is 42.1 Å². The summed E-state index contributed by atoms with van der Waals surface area (Å²) >= 11 is 6.36. The van der Waals surface area contributed by atoms with Crippen molar-refractivity contribution in [3.05, 3.63) is 66.2 Å². The lowest BCUT2D eigenvalue weighted by molar-refractivity contribution is 1.01. The normalized spacial score (nSPS) is 11.4. The number of benzene rings is 3. The van der Waals surface area contributed by atoms with Gasteiger partial charge in [-0.2, -0.15) is 0 Å². The Balaban J connectivity index is 1.93. The van der Waals surface area contributed by atoms with Crippen LogP contribution in [0, 0.1) is 6.92 Å². The Bertz CT molecular complexity index is 1030. The summed E-state index contributed by atoms with van der Waals surface area (Å²) in [5.74, 6) is 0. The predicted octanol–water partition coefficient (Wildman–Crippen LogP) is 6.08. The highest BCUT2D eigenvalue weighted by atomic mass is 32.2. The molecule has 0 saturated carbocycles. The zero-order valence-corrected chi connectivity index (χ0v) is 14.8. The molecule has 1 aromatic heterocycles. The first-order valence-electron chi connectivity index (χ1n) is 7.59. The van der Waals surface area contributed by atoms with Crippen LogP contribution in [-0.4, -0.2) is 4.57 Å². The number of hydrogen-bond acceptors (Lipinski definition) is 2. The number of aryl methyl sites for hydroxylation is 2. The third-order valence-electron chi connectivity index (χ3n) is 4.30. The monoisotopic (exact) mass is 335 g/mol. The molecule has 4 rings (SSSR count). The Morgan fingerprint density at radius 1 is 0.826 bits per heavy atom. The van der Waals surface area contributed by atoms with Gasteiger partial charge in [0.05, 0.1) is 0 Å². The number of hydrogen-bond donors (Lipinski definition) is 1. The van der Waals surface area contributed by atoms with Crippen molar-refractivity contribution in [2.24, 2.45) is 7.05 Å². The minimum atomic E-state index is 1.02. The van der Waals surface area contributed by atoms with Crippen LogP contribution < -0.4 is 0 Å². The SMILES string of the molecule is Cc1cc2c(cc1Sc1ccccc1S)c1ccccc1n2C. The quantitative estimate of drug-likeness (QED) is 0.435. The average Bonchev–Trinajstić information content (AvgIpc) is 2.83. The Kier molecular flexibility index (Phi) is 3.63. The van der Waals surface area contributed by atoms with E-state index in [1.54, 1.807) is 11.8 Å². The van der Waals surface area contributed by atoms with Crippen LogP contribution >= 0.6 is 24.4 Å². The van der Waals surface area contributed by atoms with E-state index in [0.29, 0.717) is 0 Å². The van der Waals surface area contributed by atoms with E-state index in [1.807, 2.05) is 12.1 Å². The fourth-order valence-electron chi connectivity index (χ4n) is 3.06. The van der Waals surface area contributed by atoms with E-state index >= 15 is 0 Å². The van der Waals surface area contributed by atoms with E-state index in [-0.39, 0.29) is 0 Å². The summed E-state index contributed by atoms with van der Waals surface area (Å²) in [6, 6.07) is 21.4. The van der Waals surface area contributed by atoms with Gasteiger partial charge in [0.2, 0.25) is 0 Å². The molecule has 1 heterocycles. The molecule has 3 aromatic carbocycles. The highest BCUT2D eigenvalue weighted by Gasteiger charge is 2.11. The number of rotatable bonds is 2. The summed E-state index contributed by atoms with van der Waals surface area (Å²) in [5, 5.41) is 2.62. The average molecular weight is 335 g/mol. The summed E-state index contributed by atoms with van der Waals surface area (Å²) < 4.78 is 2.28. The van der Waals surface area contributed by atoms with E-state index in [2.05, 4.69) is 79.7 Å². The summed E-state index contributed by atoms with van der Waals surface area (Å²) in [7, 11) is 2.14. The predicted molar refractivity (Wildman–Crippen MR) is 103 cm³/mol. The van der Waals surface area contributed by atoms with Crippen molar-refractivity contribution >= 4 is 46.2 Å². The van der Waals surface area contributed by atoms with Crippen LogP contribution in [-0.2, 0) is 7.05 Å². The first-order valence-corrected chi connectivity index (χ1v) is 8.85. The van der Waals surface area contributed by atoms with E-state index in [9.17, 15) is 0 Å². The van der Waals surface area contributed by atoms with Crippen LogP contribution in [0.5, 0.6) is 0 Å². The van der Waals surface area contributed by atoms with Gasteiger partial charge in [0.25, 0.3) is 0 Å². The maximum Gasteiger partial charge on any atom is 0.0492 e. The Morgan fingerprint density at radius 3 is 2.39 bits per heavy atom. The molecular weight excluding hydrogens is 318 g/mol. The molecule has 0 aliphatic carbocycles. The standard InChI is InChI=1S/C20H17NS2/c1-13-11-17-15(14-7-3-4-8-16(14)21(17)2)12-20(13)23-19-10-6-5-9-18(19)22/h3-12,22H,1-2H3. The van der Waals surface area contributed by atoms with Gasteiger partial charge in [0, 0.05) is 43.5 Å². The molecule has 0 saturated heterocycles. The minimum absolute atomic E-state index is 1.02. The minimum Gasteiger partial charge on any atom is -0.344 e. The van der Waals surface area contributed by atoms with E-state index in [4.69, 9.17) is 0 Å². The van der Waals surface area contributed by atoms with E-state index < -0.39 is 0 Å². The third kappa shape index (κ3) is 2.44. The largest absolute Gasteiger partial charge is 0.344 e. The molecule has 23 heavy (non-hydrogen) atoms. The molecule has 0 atom stereocenters. The van der Waals surface area contributed by atoms with Crippen molar-refractivity contribution in [3.8, 4) is 0 Å². The van der Waals surface area contributed by atoms with Gasteiger partial charge in [0.15, 0.2) is 0 Å². The first kappa shape index (κ1) is 14.7. The first-order chi connectivity index (χ1) is 11.1. The second-order valence-corrected chi connectivity index (χ2v) is 7.35. The van der Waals surface area contributed by atoms with Crippen molar-refractivity contribution in [2.45, 2.75) is 21.6 Å². The maximum absolute atomic E-state index is 4.57. The number of para-hydroxylation sites is 1. The fourth-order valence-corrected chi connectivity index (χ4v) is 4.31. The summed E-state index contributed by atoms with van der Waals surface area (Å²) in [6.07, 6.45) is 0. The molecule has 114 valence electrons. The number of nitrogens with zero attached hydrogens (tertiary/aromatic N) is 1. The smallest absolute Gasteiger partial charge is 0.0492 e. The van der Waals surface area contributed by atoms with E-state index in [0.717, 1.165) is 4.90 Å². The van der Waals surface area contributed by atoms with Gasteiger partial charge in [-0.05, 0) is 42.8 Å². The number of fused-ring (bicyclic) bond motifs is 3. The summed E-state index contributed by atoms with van der Waals surface area (Å²) in [6.45, 7) is 2.18. The van der Waals surface area contributed by atoms with Crippen LogP contribution in [0.2, 0.25) is 0 Å². The van der Waals surface area contributed by atoms with Gasteiger partial charge in [-0.25, -0.2) is 0 Å². The lowest BCUT2D eigenvalue weighted by Gasteiger charge is -2.09. The fraction of sp³-hybridized carbons (Fsp3) is 0.100. The highest BCUT2D eigenvalue weighted by Crippen LogP contribution is 2.38. The Morgan fingerprint density at radius 2 is 1.57 bits per heavy atom. The van der Waals surface area contributed by atoms with E-state index in [1.165, 1.54) is 37.2 Å². The summed E-state index contributed by atoms with van der Waals surface area (Å²) in [5.41, 5.74) is 3.86. The zero-order valence-electron chi connectivity index (χ0n) is 13.1. The van der Waals surface area contributed by atoms with Gasteiger partial charge in [-0.3, -0.25) is 0 Å². The van der Waals surface area contributed by atoms with Crippen molar-refractivity contribution in [1.82, 2.24) is 4.57 Å². The zero-order chi connectivity index (χ0) is 16.0. The molecule has 3 heteroatoms. The third-order valence-corrected chi connectivity index (χ3v) is 6.07. The van der Waals surface area contributed by atoms with Crippen molar-refractivity contribution < 1.29 is 0 Å². The van der Waals surface area contributed by atoms with Gasteiger partial charge in [-0.15, -0.1) is 12.6 Å². The van der Waals surface area contributed by atoms with Crippen molar-refractivity contribution in [1.29, 1.82) is 0 Å². The topological polar surface area (TPSA) is 4.93 Å². The molecule has 0 N–H and O–H groups in total. The highest BCUT2D eigenvalue weighted by molar-refractivity contribution is 7.99. The van der Waals surface area contributed by atoms with Crippen LogP contribution in [0.3, 0.4) is 0 Å². The molecule has 0 aliphatic rings. The molecule has 0 aliphatic heterocycles. The molecular formula is C20H17NS2. The molecule has 0 bridgehead atoms. The molecule has 0 spiro atoms. The Labute approximate surface area is 145 Å². The number of thiol groups is 1. The Hall–Kier alpha value is -1.84. The lowest BCUT2D eigenvalue weighted by atomic mass is 10.1. The molecule has 0 amide bonds. The van der Waals surface area contributed by atoms with Gasteiger partial charge in [0.1, 0.15) is 0 Å². The maximum atomic E-state index is 4.57. The van der Waals surface area contributed by atoms with Crippen LogP contribution in [0.15, 0.2) is 75.4 Å². The molecule has 4 aromatic rings. The van der Waals surface area contributed by atoms with Gasteiger partial charge >= 0.3 is 0 Å². The van der Waals surface area contributed by atoms with Crippen molar-refractivity contribution in [3.63, 3.8) is 0 Å². The molecule has 0 radical (unpaired) electrons. The molecule has 1 nitrogen and oxygen atoms in total. The number of aromatic nitrogens is 1. The van der Waals surface area contributed by atoms with Crippen molar-refractivity contribution in [2.75, 3.05) is 0 Å².